The van der Waals surface area contributed by atoms with E-state index < -0.39 is 0 Å². The van der Waals surface area contributed by atoms with Gasteiger partial charge in [-0.25, -0.2) is 0 Å². The van der Waals surface area contributed by atoms with Crippen LogP contribution in [-0.4, -0.2) is 5.16 Å². The monoisotopic (exact) mass is 143 g/mol. The van der Waals surface area contributed by atoms with Gasteiger partial charge in [-0.2, -0.15) is 0 Å². The number of hydrogen-bond acceptors (Lipinski definition) is 2. The van der Waals surface area contributed by atoms with Gasteiger partial charge >= 0.3 is 0 Å². The molecule has 0 aliphatic carbocycles. The lowest BCUT2D eigenvalue weighted by molar-refractivity contribution is 0.415. The maximum absolute atomic E-state index is 4.46. The molecule has 0 aromatic carbocycles. The molecule has 0 unspecified atom stereocenters. The SMILES string of the molecule is CC.CC.Cc1ccon1. The van der Waals surface area contributed by atoms with E-state index in [2.05, 4.69) is 9.68 Å². The number of hydrogen-bond donors (Lipinski definition) is 0. The second-order valence-electron chi connectivity index (χ2n) is 1.14. The number of rotatable bonds is 0. The van der Waals surface area contributed by atoms with Crippen molar-refractivity contribution < 1.29 is 4.52 Å². The average Bonchev–Trinajstić information content (AvgIpc) is 2.48. The molecule has 10 heavy (non-hydrogen) atoms. The lowest BCUT2D eigenvalue weighted by Crippen LogP contribution is -1.59. The van der Waals surface area contributed by atoms with Crippen LogP contribution in [0.2, 0.25) is 0 Å². The molecule has 0 N–H and O–H groups in total. The minimum Gasteiger partial charge on any atom is -0.365 e. The molecule has 0 aliphatic heterocycles. The van der Waals surface area contributed by atoms with E-state index in [9.17, 15) is 0 Å². The lowest BCUT2D eigenvalue weighted by Gasteiger charge is -1.62. The number of aromatic nitrogens is 1. The molecule has 2 nitrogen and oxygen atoms in total. The molecule has 1 aromatic rings. The summed E-state index contributed by atoms with van der Waals surface area (Å²) in [6, 6.07) is 1.81. The van der Waals surface area contributed by atoms with Crippen molar-refractivity contribution in [3.05, 3.63) is 18.0 Å². The summed E-state index contributed by atoms with van der Waals surface area (Å²) in [5, 5.41) is 3.54. The largest absolute Gasteiger partial charge is 0.365 e. The van der Waals surface area contributed by atoms with Crippen LogP contribution in [0.5, 0.6) is 0 Å². The molecule has 0 saturated carbocycles. The van der Waals surface area contributed by atoms with E-state index in [-0.39, 0.29) is 0 Å². The maximum Gasteiger partial charge on any atom is 0.124 e. The van der Waals surface area contributed by atoms with Crippen LogP contribution in [-0.2, 0) is 0 Å². The molecular formula is C8H17NO. The van der Waals surface area contributed by atoms with Crippen molar-refractivity contribution in [3.63, 3.8) is 0 Å². The van der Waals surface area contributed by atoms with E-state index in [4.69, 9.17) is 0 Å². The van der Waals surface area contributed by atoms with Crippen molar-refractivity contribution in [2.45, 2.75) is 34.6 Å². The van der Waals surface area contributed by atoms with Gasteiger partial charge in [-0.3, -0.25) is 0 Å². The fourth-order valence-corrected chi connectivity index (χ4v) is 0.273. The van der Waals surface area contributed by atoms with Gasteiger partial charge in [0, 0.05) is 6.07 Å². The predicted octanol–water partition coefficient (Wildman–Crippen LogP) is 3.04. The van der Waals surface area contributed by atoms with Crippen molar-refractivity contribution >= 4 is 0 Å². The molecule has 0 radical (unpaired) electrons. The van der Waals surface area contributed by atoms with Gasteiger partial charge in [-0.05, 0) is 6.92 Å². The summed E-state index contributed by atoms with van der Waals surface area (Å²) in [5.41, 5.74) is 0.926. The van der Waals surface area contributed by atoms with Gasteiger partial charge in [-0.15, -0.1) is 0 Å². The zero-order chi connectivity index (χ0) is 8.41. The molecule has 0 fully saturated rings. The van der Waals surface area contributed by atoms with Crippen molar-refractivity contribution in [3.8, 4) is 0 Å². The highest BCUT2D eigenvalue weighted by atomic mass is 16.5. The highest BCUT2D eigenvalue weighted by Gasteiger charge is 1.77. The van der Waals surface area contributed by atoms with Crippen LogP contribution in [0.4, 0.5) is 0 Å². The minimum atomic E-state index is 0.926. The van der Waals surface area contributed by atoms with E-state index in [1.54, 1.807) is 12.3 Å². The maximum atomic E-state index is 4.46. The molecule has 1 aromatic heterocycles. The summed E-state index contributed by atoms with van der Waals surface area (Å²) in [6.45, 7) is 9.88. The summed E-state index contributed by atoms with van der Waals surface area (Å²) in [5.74, 6) is 0. The highest BCUT2D eigenvalue weighted by Crippen LogP contribution is 1.86. The van der Waals surface area contributed by atoms with Gasteiger partial charge in [-0.1, -0.05) is 32.9 Å². The van der Waals surface area contributed by atoms with Crippen LogP contribution in [0, 0.1) is 6.92 Å². The van der Waals surface area contributed by atoms with Gasteiger partial charge in [0.05, 0.1) is 5.69 Å². The Morgan fingerprint density at radius 3 is 1.80 bits per heavy atom. The van der Waals surface area contributed by atoms with Crippen LogP contribution < -0.4 is 0 Å². The first-order chi connectivity index (χ1) is 4.89. The lowest BCUT2D eigenvalue weighted by atomic mass is 10.5. The van der Waals surface area contributed by atoms with Gasteiger partial charge in [0.2, 0.25) is 0 Å². The standard InChI is InChI=1S/C4H5NO.2C2H6/c1-4-2-3-6-5-4;2*1-2/h2-3H,1H3;2*1-2H3. The van der Waals surface area contributed by atoms with E-state index in [1.165, 1.54) is 0 Å². The molecule has 1 heterocycles. The molecule has 2 heteroatoms. The van der Waals surface area contributed by atoms with E-state index >= 15 is 0 Å². The third-order valence-corrected chi connectivity index (χ3v) is 0.567. The molecule has 60 valence electrons. The Bertz CT molecular complexity index is 113. The Labute approximate surface area is 63.2 Å². The minimum absolute atomic E-state index is 0.926. The Hall–Kier alpha value is -0.790. The summed E-state index contributed by atoms with van der Waals surface area (Å²) < 4.78 is 4.46. The quantitative estimate of drug-likeness (QED) is 0.558. The van der Waals surface area contributed by atoms with Gasteiger partial charge < -0.3 is 4.52 Å². The van der Waals surface area contributed by atoms with Crippen molar-refractivity contribution in [1.82, 2.24) is 5.16 Å². The van der Waals surface area contributed by atoms with Crippen LogP contribution in [0.3, 0.4) is 0 Å². The van der Waals surface area contributed by atoms with E-state index in [0.717, 1.165) is 5.69 Å². The fourth-order valence-electron chi connectivity index (χ4n) is 0.273. The van der Waals surface area contributed by atoms with Crippen molar-refractivity contribution in [2.75, 3.05) is 0 Å². The summed E-state index contributed by atoms with van der Waals surface area (Å²) in [6.07, 6.45) is 1.55. The van der Waals surface area contributed by atoms with Crippen LogP contribution in [0.15, 0.2) is 16.9 Å². The van der Waals surface area contributed by atoms with Gasteiger partial charge in [0.15, 0.2) is 0 Å². The van der Waals surface area contributed by atoms with E-state index in [1.807, 2.05) is 34.6 Å². The average molecular weight is 143 g/mol. The Balaban J connectivity index is 0. The smallest absolute Gasteiger partial charge is 0.124 e. The molecule has 0 saturated heterocycles. The second kappa shape index (κ2) is 11.1. The summed E-state index contributed by atoms with van der Waals surface area (Å²) >= 11 is 0. The molecule has 0 amide bonds. The van der Waals surface area contributed by atoms with Crippen molar-refractivity contribution in [1.29, 1.82) is 0 Å². The zero-order valence-corrected chi connectivity index (χ0v) is 7.51. The second-order valence-corrected chi connectivity index (χ2v) is 1.14. The first kappa shape index (κ1) is 11.9. The third kappa shape index (κ3) is 7.21. The number of aryl methyl sites for hydroxylation is 1. The van der Waals surface area contributed by atoms with Crippen LogP contribution in [0.1, 0.15) is 33.4 Å². The molecule has 1 rings (SSSR count). The molecule has 0 spiro atoms. The van der Waals surface area contributed by atoms with Gasteiger partial charge in [0.1, 0.15) is 6.26 Å². The first-order valence-electron chi connectivity index (χ1n) is 3.76. The Kier molecular flexibility index (Phi) is 13.2. The van der Waals surface area contributed by atoms with Crippen LogP contribution in [0.25, 0.3) is 0 Å². The van der Waals surface area contributed by atoms with Crippen LogP contribution >= 0.6 is 0 Å². The normalized spacial score (nSPS) is 6.50. The summed E-state index contributed by atoms with van der Waals surface area (Å²) in [4.78, 5) is 0. The predicted molar refractivity (Wildman–Crippen MR) is 43.9 cm³/mol. The van der Waals surface area contributed by atoms with E-state index in [0.29, 0.717) is 0 Å². The first-order valence-corrected chi connectivity index (χ1v) is 3.76. The van der Waals surface area contributed by atoms with Gasteiger partial charge in [0.25, 0.3) is 0 Å². The Morgan fingerprint density at radius 1 is 1.20 bits per heavy atom. The highest BCUT2D eigenvalue weighted by molar-refractivity contribution is 4.89. The summed E-state index contributed by atoms with van der Waals surface area (Å²) in [7, 11) is 0. The topological polar surface area (TPSA) is 26.0 Å². The fraction of sp³-hybridized carbons (Fsp3) is 0.625. The molecule has 0 aliphatic rings. The molecule has 0 bridgehead atoms. The molecule has 0 atom stereocenters. The molecular weight excluding hydrogens is 126 g/mol. The third-order valence-electron chi connectivity index (χ3n) is 0.567. The Morgan fingerprint density at radius 2 is 1.70 bits per heavy atom. The van der Waals surface area contributed by atoms with Crippen molar-refractivity contribution in [2.24, 2.45) is 0 Å². The number of nitrogens with zero attached hydrogens (tertiary/aromatic N) is 1. The zero-order valence-electron chi connectivity index (χ0n) is 7.51.